The Hall–Kier alpha value is -0.870. The van der Waals surface area contributed by atoms with Gasteiger partial charge in [0.2, 0.25) is 0 Å². The molecule has 1 aliphatic rings. The molecule has 0 unspecified atom stereocenters. The number of thiazole rings is 1. The topological polar surface area (TPSA) is 29.3 Å². The summed E-state index contributed by atoms with van der Waals surface area (Å²) >= 11 is 1.78. The van der Waals surface area contributed by atoms with Gasteiger partial charge in [-0.2, -0.15) is 0 Å². The van der Waals surface area contributed by atoms with Gasteiger partial charge in [0.25, 0.3) is 0 Å². The Morgan fingerprint density at radius 3 is 2.71 bits per heavy atom. The summed E-state index contributed by atoms with van der Waals surface area (Å²) in [5, 5.41) is 3.77. The van der Waals surface area contributed by atoms with Gasteiger partial charge in [-0.1, -0.05) is 25.7 Å². The van der Waals surface area contributed by atoms with Gasteiger partial charge in [0, 0.05) is 23.7 Å². The second-order valence-corrected chi connectivity index (χ2v) is 7.77. The second-order valence-electron chi connectivity index (χ2n) is 6.56. The van der Waals surface area contributed by atoms with Gasteiger partial charge in [0.1, 0.15) is 0 Å². The van der Waals surface area contributed by atoms with E-state index in [1.54, 1.807) is 11.3 Å². The molecular formula is C17H27N3S. The Labute approximate surface area is 131 Å². The van der Waals surface area contributed by atoms with Crippen molar-refractivity contribution in [2.75, 3.05) is 0 Å². The van der Waals surface area contributed by atoms with Crippen LogP contribution in [0.1, 0.15) is 61.7 Å². The zero-order valence-corrected chi connectivity index (χ0v) is 14.3. The third-order valence-corrected chi connectivity index (χ3v) is 5.84. The maximum Gasteiger partial charge on any atom is 0.194 e. The molecule has 0 saturated heterocycles. The molecular weight excluding hydrogens is 278 g/mol. The minimum atomic E-state index is 0.604. The molecule has 2 aromatic rings. The summed E-state index contributed by atoms with van der Waals surface area (Å²) in [5.74, 6) is 0.848. The number of nitrogens with one attached hydrogen (secondary N) is 1. The predicted octanol–water partition coefficient (Wildman–Crippen LogP) is 4.46. The van der Waals surface area contributed by atoms with Gasteiger partial charge in [-0.05, 0) is 39.5 Å². The van der Waals surface area contributed by atoms with Crippen molar-refractivity contribution in [1.29, 1.82) is 0 Å². The highest BCUT2D eigenvalue weighted by molar-refractivity contribution is 7.17. The quantitative estimate of drug-likeness (QED) is 0.845. The first kappa shape index (κ1) is 15.0. The highest BCUT2D eigenvalue weighted by atomic mass is 32.1. The van der Waals surface area contributed by atoms with Crippen LogP contribution in [0.3, 0.4) is 0 Å². The van der Waals surface area contributed by atoms with Crippen molar-refractivity contribution in [3.8, 4) is 0 Å². The minimum absolute atomic E-state index is 0.604. The van der Waals surface area contributed by atoms with Gasteiger partial charge in [-0.3, -0.25) is 4.40 Å². The number of hydrogen-bond donors (Lipinski definition) is 1. The lowest BCUT2D eigenvalue weighted by molar-refractivity contribution is 0.335. The lowest BCUT2D eigenvalue weighted by Crippen LogP contribution is -2.33. The molecule has 1 saturated carbocycles. The normalized spacial score (nSPS) is 19.0. The lowest BCUT2D eigenvalue weighted by Gasteiger charge is -2.23. The molecule has 4 heteroatoms. The Balaban J connectivity index is 1.66. The summed E-state index contributed by atoms with van der Waals surface area (Å²) < 4.78 is 2.27. The molecule has 0 bridgehead atoms. The summed E-state index contributed by atoms with van der Waals surface area (Å²) in [6.45, 7) is 7.58. The fourth-order valence-corrected chi connectivity index (χ4v) is 4.45. The van der Waals surface area contributed by atoms with Crippen LogP contribution in [0.5, 0.6) is 0 Å². The van der Waals surface area contributed by atoms with Crippen LogP contribution in [0.4, 0.5) is 0 Å². The maximum atomic E-state index is 4.68. The molecule has 0 radical (unpaired) electrons. The Bertz CT molecular complexity index is 590. The molecule has 0 aliphatic heterocycles. The van der Waals surface area contributed by atoms with Crippen molar-refractivity contribution in [2.24, 2.45) is 5.92 Å². The number of nitrogens with zero attached hydrogens (tertiary/aromatic N) is 2. The van der Waals surface area contributed by atoms with Gasteiger partial charge < -0.3 is 5.32 Å². The van der Waals surface area contributed by atoms with E-state index in [1.807, 2.05) is 0 Å². The largest absolute Gasteiger partial charge is 0.308 e. The SMILES string of the molecule is Cc1cn2c(CN[C@H](C)C3CCCCCC3)c(C)nc2s1. The van der Waals surface area contributed by atoms with Gasteiger partial charge in [-0.25, -0.2) is 4.98 Å². The molecule has 3 rings (SSSR count). The third-order valence-electron chi connectivity index (χ3n) is 4.94. The van der Waals surface area contributed by atoms with E-state index in [-0.39, 0.29) is 0 Å². The molecule has 0 aromatic carbocycles. The molecule has 1 atom stereocenters. The van der Waals surface area contributed by atoms with Gasteiger partial charge in [-0.15, -0.1) is 11.3 Å². The molecule has 2 aromatic heterocycles. The van der Waals surface area contributed by atoms with E-state index in [2.05, 4.69) is 41.7 Å². The van der Waals surface area contributed by atoms with Crippen LogP contribution >= 0.6 is 11.3 Å². The van der Waals surface area contributed by atoms with Crippen LogP contribution in [0.2, 0.25) is 0 Å². The monoisotopic (exact) mass is 305 g/mol. The smallest absolute Gasteiger partial charge is 0.194 e. The number of aryl methyl sites for hydroxylation is 2. The first-order valence-electron chi connectivity index (χ1n) is 8.32. The Morgan fingerprint density at radius 2 is 2.00 bits per heavy atom. The molecule has 1 fully saturated rings. The van der Waals surface area contributed by atoms with E-state index in [4.69, 9.17) is 0 Å². The first-order valence-corrected chi connectivity index (χ1v) is 9.14. The molecule has 116 valence electrons. The molecule has 0 amide bonds. The summed E-state index contributed by atoms with van der Waals surface area (Å²) in [6.07, 6.45) is 10.7. The average molecular weight is 305 g/mol. The van der Waals surface area contributed by atoms with Crippen LogP contribution in [0.25, 0.3) is 4.96 Å². The number of hydrogen-bond acceptors (Lipinski definition) is 3. The predicted molar refractivity (Wildman–Crippen MR) is 90.0 cm³/mol. The van der Waals surface area contributed by atoms with Gasteiger partial charge in [0.05, 0.1) is 11.4 Å². The van der Waals surface area contributed by atoms with Gasteiger partial charge >= 0.3 is 0 Å². The standard InChI is InChI=1S/C17H27N3S/c1-12-11-20-16(14(3)19-17(20)21-12)10-18-13(2)15-8-6-4-5-7-9-15/h11,13,15,18H,4-10H2,1-3H3/t13-/m1/s1. The van der Waals surface area contributed by atoms with Crippen molar-refractivity contribution in [1.82, 2.24) is 14.7 Å². The fraction of sp³-hybridized carbons (Fsp3) is 0.706. The summed E-state index contributed by atoms with van der Waals surface area (Å²) in [5.41, 5.74) is 2.50. The second kappa shape index (κ2) is 6.49. The van der Waals surface area contributed by atoms with Crippen LogP contribution in [0, 0.1) is 19.8 Å². The zero-order chi connectivity index (χ0) is 14.8. The van der Waals surface area contributed by atoms with Crippen molar-refractivity contribution in [2.45, 2.75) is 71.9 Å². The van der Waals surface area contributed by atoms with Crippen molar-refractivity contribution in [3.05, 3.63) is 22.5 Å². The Kier molecular flexibility index (Phi) is 4.65. The molecule has 2 heterocycles. The highest BCUT2D eigenvalue weighted by Crippen LogP contribution is 2.26. The molecule has 1 aliphatic carbocycles. The van der Waals surface area contributed by atoms with Crippen LogP contribution in [0.15, 0.2) is 6.20 Å². The van der Waals surface area contributed by atoms with E-state index in [0.717, 1.165) is 17.4 Å². The van der Waals surface area contributed by atoms with E-state index >= 15 is 0 Å². The zero-order valence-electron chi connectivity index (χ0n) is 13.5. The average Bonchev–Trinajstić information content (AvgIpc) is 2.82. The molecule has 21 heavy (non-hydrogen) atoms. The lowest BCUT2D eigenvalue weighted by atomic mass is 9.93. The van der Waals surface area contributed by atoms with Crippen molar-refractivity contribution >= 4 is 16.3 Å². The van der Waals surface area contributed by atoms with E-state index in [9.17, 15) is 0 Å². The number of aromatic nitrogens is 2. The Morgan fingerprint density at radius 1 is 1.29 bits per heavy atom. The van der Waals surface area contributed by atoms with E-state index in [1.165, 1.54) is 54.8 Å². The van der Waals surface area contributed by atoms with Crippen LogP contribution < -0.4 is 5.32 Å². The number of rotatable bonds is 4. The summed E-state index contributed by atoms with van der Waals surface area (Å²) in [4.78, 5) is 7.14. The molecule has 3 nitrogen and oxygen atoms in total. The maximum absolute atomic E-state index is 4.68. The van der Waals surface area contributed by atoms with E-state index in [0.29, 0.717) is 6.04 Å². The minimum Gasteiger partial charge on any atom is -0.308 e. The van der Waals surface area contributed by atoms with Crippen molar-refractivity contribution < 1.29 is 0 Å². The summed E-state index contributed by atoms with van der Waals surface area (Å²) in [7, 11) is 0. The summed E-state index contributed by atoms with van der Waals surface area (Å²) in [6, 6.07) is 0.604. The highest BCUT2D eigenvalue weighted by Gasteiger charge is 2.19. The van der Waals surface area contributed by atoms with Gasteiger partial charge in [0.15, 0.2) is 4.96 Å². The third kappa shape index (κ3) is 3.32. The van der Waals surface area contributed by atoms with Crippen LogP contribution in [-0.2, 0) is 6.54 Å². The number of fused-ring (bicyclic) bond motifs is 1. The van der Waals surface area contributed by atoms with Crippen molar-refractivity contribution in [3.63, 3.8) is 0 Å². The van der Waals surface area contributed by atoms with Crippen LogP contribution in [-0.4, -0.2) is 15.4 Å². The fourth-order valence-electron chi connectivity index (χ4n) is 3.56. The number of imidazole rings is 1. The first-order chi connectivity index (χ1) is 10.1. The molecule has 1 N–H and O–H groups in total. The van der Waals surface area contributed by atoms with E-state index < -0.39 is 0 Å². The molecule has 0 spiro atoms.